The van der Waals surface area contributed by atoms with Gasteiger partial charge in [-0.2, -0.15) is 5.26 Å². The van der Waals surface area contributed by atoms with Gasteiger partial charge in [0, 0.05) is 33.9 Å². The predicted octanol–water partition coefficient (Wildman–Crippen LogP) is 5.42. The number of hydrogen-bond acceptors (Lipinski definition) is 5. The number of aromatic nitrogens is 2. The van der Waals surface area contributed by atoms with E-state index in [1.165, 1.54) is 0 Å². The van der Waals surface area contributed by atoms with Crippen LogP contribution in [0.1, 0.15) is 85.2 Å². The second-order valence-corrected chi connectivity index (χ2v) is 13.3. The molecule has 3 fully saturated rings. The number of aliphatic carboxylic acids is 1. The molecule has 3 aliphatic carbocycles. The zero-order valence-corrected chi connectivity index (χ0v) is 26.8. The van der Waals surface area contributed by atoms with Gasteiger partial charge in [0.25, 0.3) is 11.8 Å². The molecule has 6 N–H and O–H groups in total. The maximum atomic E-state index is 12.7. The standard InChI is InChI=1S/C21H24N4O2.C16H18N2O3/c22-12-19(13-9-10-13)25-20(26)15-6-2-4-8-17(15)24-21(27)18-11-14-5-1-3-7-16(14)23-18;19-15(14-9-10-5-1-3-7-12(10)17-14)18-13-8-4-2-6-11(13)16(20)21/h1,3,5,7,11,13,15,17,19,23H,2,4,6,8-10H2,(H,24,27)(H,25,26);1,3,5,7,9,11,13,17H,2,4,6,8H2,(H,18,19)(H,20,21)/t15-,17+,19?;11-,13+/m11/s1. The van der Waals surface area contributed by atoms with E-state index >= 15 is 0 Å². The number of carbonyl (C=O) groups excluding carboxylic acids is 3. The van der Waals surface area contributed by atoms with Crippen molar-refractivity contribution in [2.24, 2.45) is 17.8 Å². The lowest BCUT2D eigenvalue weighted by molar-refractivity contribution is -0.143. The number of fused-ring (bicyclic) bond motifs is 2. The van der Waals surface area contributed by atoms with Crippen molar-refractivity contribution in [2.75, 3.05) is 0 Å². The minimum absolute atomic E-state index is 0.102. The van der Waals surface area contributed by atoms with Crippen LogP contribution in [0.3, 0.4) is 0 Å². The molecule has 5 atom stereocenters. The summed E-state index contributed by atoms with van der Waals surface area (Å²) in [5, 5.41) is 29.3. The van der Waals surface area contributed by atoms with Crippen molar-refractivity contribution >= 4 is 45.5 Å². The molecule has 2 aromatic heterocycles. The number of aromatic amines is 2. The van der Waals surface area contributed by atoms with E-state index in [9.17, 15) is 29.5 Å². The molecule has 3 saturated carbocycles. The number of nitrogens with zero attached hydrogens (tertiary/aromatic N) is 1. The van der Waals surface area contributed by atoms with Gasteiger partial charge < -0.3 is 31.0 Å². The molecular weight excluding hydrogens is 608 g/mol. The van der Waals surface area contributed by atoms with E-state index in [1.54, 1.807) is 6.07 Å². The molecule has 0 bridgehead atoms. The number of carbonyl (C=O) groups is 4. The van der Waals surface area contributed by atoms with Crippen LogP contribution in [0.15, 0.2) is 60.7 Å². The van der Waals surface area contributed by atoms with Crippen molar-refractivity contribution in [3.8, 4) is 6.07 Å². The first-order chi connectivity index (χ1) is 23.3. The molecule has 3 amide bonds. The Kier molecular flexibility index (Phi) is 10.1. The van der Waals surface area contributed by atoms with Crippen LogP contribution in [0, 0.1) is 29.1 Å². The Morgan fingerprint density at radius 1 is 0.708 bits per heavy atom. The van der Waals surface area contributed by atoms with E-state index in [4.69, 9.17) is 0 Å². The SMILES string of the molecule is N#CC(NC(=O)[C@@H]1CCCC[C@@H]1NC(=O)c1cc2ccccc2[nH]1)C1CC1.O=C(N[C@H]1CCCC[C@H]1C(=O)O)c1cc2ccccc2[nH]1. The van der Waals surface area contributed by atoms with E-state index in [2.05, 4.69) is 32.0 Å². The third-order valence-corrected chi connectivity index (χ3v) is 9.90. The smallest absolute Gasteiger partial charge is 0.308 e. The quantitative estimate of drug-likeness (QED) is 0.148. The maximum Gasteiger partial charge on any atom is 0.308 e. The Balaban J connectivity index is 0.000000173. The summed E-state index contributed by atoms with van der Waals surface area (Å²) in [6, 6.07) is 20.4. The Morgan fingerprint density at radius 3 is 1.67 bits per heavy atom. The van der Waals surface area contributed by atoms with E-state index < -0.39 is 17.9 Å². The van der Waals surface area contributed by atoms with Crippen LogP contribution >= 0.6 is 0 Å². The van der Waals surface area contributed by atoms with Gasteiger partial charge in [-0.3, -0.25) is 19.2 Å². The second-order valence-electron chi connectivity index (χ2n) is 13.3. The molecule has 11 nitrogen and oxygen atoms in total. The summed E-state index contributed by atoms with van der Waals surface area (Å²) >= 11 is 0. The van der Waals surface area contributed by atoms with Crippen molar-refractivity contribution in [1.82, 2.24) is 25.9 Å². The molecule has 4 aromatic rings. The molecule has 250 valence electrons. The van der Waals surface area contributed by atoms with Crippen molar-refractivity contribution < 1.29 is 24.3 Å². The molecule has 3 aliphatic rings. The van der Waals surface area contributed by atoms with Gasteiger partial charge in [-0.15, -0.1) is 0 Å². The topological polar surface area (TPSA) is 180 Å². The highest BCUT2D eigenvalue weighted by Gasteiger charge is 2.37. The molecule has 1 unspecified atom stereocenters. The largest absolute Gasteiger partial charge is 0.481 e. The van der Waals surface area contributed by atoms with Gasteiger partial charge in [-0.25, -0.2) is 0 Å². The zero-order chi connectivity index (χ0) is 33.6. The number of hydrogen-bond donors (Lipinski definition) is 6. The molecule has 11 heteroatoms. The first-order valence-electron chi connectivity index (χ1n) is 17.0. The molecule has 7 rings (SSSR count). The van der Waals surface area contributed by atoms with Gasteiger partial charge in [0.2, 0.25) is 5.91 Å². The van der Waals surface area contributed by atoms with Crippen LogP contribution in [0.5, 0.6) is 0 Å². The summed E-state index contributed by atoms with van der Waals surface area (Å²) in [5.74, 6) is -1.80. The number of nitrogens with one attached hydrogen (secondary N) is 5. The summed E-state index contributed by atoms with van der Waals surface area (Å²) in [6.07, 6.45) is 8.72. The van der Waals surface area contributed by atoms with Crippen molar-refractivity contribution in [1.29, 1.82) is 5.26 Å². The third-order valence-electron chi connectivity index (χ3n) is 9.90. The van der Waals surface area contributed by atoms with Gasteiger partial charge in [0.1, 0.15) is 17.4 Å². The van der Waals surface area contributed by atoms with Crippen LogP contribution in [0.4, 0.5) is 0 Å². The first kappa shape index (κ1) is 32.8. The van der Waals surface area contributed by atoms with Crippen LogP contribution < -0.4 is 16.0 Å². The highest BCUT2D eigenvalue weighted by atomic mass is 16.4. The van der Waals surface area contributed by atoms with Crippen molar-refractivity contribution in [3.63, 3.8) is 0 Å². The fourth-order valence-electron chi connectivity index (χ4n) is 7.05. The molecule has 2 aromatic carbocycles. The summed E-state index contributed by atoms with van der Waals surface area (Å²) < 4.78 is 0. The van der Waals surface area contributed by atoms with Crippen LogP contribution in [0.25, 0.3) is 21.8 Å². The molecule has 0 saturated heterocycles. The Bertz CT molecular complexity index is 1770. The number of rotatable bonds is 8. The molecule has 2 heterocycles. The second kappa shape index (κ2) is 14.8. The van der Waals surface area contributed by atoms with Gasteiger partial charge >= 0.3 is 5.97 Å². The van der Waals surface area contributed by atoms with Crippen LogP contribution in [-0.4, -0.2) is 56.9 Å². The number of para-hydroxylation sites is 2. The predicted molar refractivity (Wildman–Crippen MR) is 181 cm³/mol. The molecule has 0 radical (unpaired) electrons. The number of benzene rings is 2. The molecule has 0 spiro atoms. The maximum absolute atomic E-state index is 12.7. The summed E-state index contributed by atoms with van der Waals surface area (Å²) in [7, 11) is 0. The fourth-order valence-corrected chi connectivity index (χ4v) is 7.05. The van der Waals surface area contributed by atoms with Crippen molar-refractivity contribution in [2.45, 2.75) is 82.3 Å². The van der Waals surface area contributed by atoms with Gasteiger partial charge in [0.15, 0.2) is 0 Å². The molecular formula is C37H42N6O5. The lowest BCUT2D eigenvalue weighted by atomic mass is 9.83. The van der Waals surface area contributed by atoms with E-state index in [0.717, 1.165) is 79.6 Å². The van der Waals surface area contributed by atoms with Gasteiger partial charge in [0.05, 0.1) is 17.9 Å². The number of nitriles is 1. The van der Waals surface area contributed by atoms with E-state index in [-0.39, 0.29) is 35.7 Å². The van der Waals surface area contributed by atoms with Crippen LogP contribution in [0.2, 0.25) is 0 Å². The van der Waals surface area contributed by atoms with E-state index in [1.807, 2.05) is 54.6 Å². The number of H-pyrrole nitrogens is 2. The highest BCUT2D eigenvalue weighted by Crippen LogP contribution is 2.33. The fraction of sp³-hybridized carbons (Fsp3) is 0.432. The Morgan fingerprint density at radius 2 is 1.19 bits per heavy atom. The minimum atomic E-state index is -0.823. The zero-order valence-electron chi connectivity index (χ0n) is 26.8. The number of amides is 3. The summed E-state index contributed by atoms with van der Waals surface area (Å²) in [6.45, 7) is 0. The Hall–Kier alpha value is -5.11. The minimum Gasteiger partial charge on any atom is -0.481 e. The lowest BCUT2D eigenvalue weighted by Gasteiger charge is -2.31. The monoisotopic (exact) mass is 650 g/mol. The third kappa shape index (κ3) is 7.71. The van der Waals surface area contributed by atoms with Gasteiger partial charge in [-0.05, 0) is 68.7 Å². The molecule has 0 aliphatic heterocycles. The normalized spacial score (nSPS) is 22.8. The summed E-state index contributed by atoms with van der Waals surface area (Å²) in [4.78, 5) is 55.3. The lowest BCUT2D eigenvalue weighted by Crippen LogP contribution is -2.50. The number of carboxylic acids is 1. The molecule has 48 heavy (non-hydrogen) atoms. The van der Waals surface area contributed by atoms with Crippen molar-refractivity contribution in [3.05, 3.63) is 72.1 Å². The first-order valence-corrected chi connectivity index (χ1v) is 17.0. The Labute approximate surface area is 278 Å². The average molecular weight is 651 g/mol. The number of carboxylic acid groups (broad SMARTS) is 1. The highest BCUT2D eigenvalue weighted by molar-refractivity contribution is 5.99. The van der Waals surface area contributed by atoms with Crippen LogP contribution in [-0.2, 0) is 9.59 Å². The summed E-state index contributed by atoms with van der Waals surface area (Å²) in [5.41, 5.74) is 2.81. The van der Waals surface area contributed by atoms with E-state index in [0.29, 0.717) is 23.7 Å². The average Bonchev–Trinajstić information content (AvgIpc) is 3.69. The van der Waals surface area contributed by atoms with Gasteiger partial charge in [-0.1, -0.05) is 62.1 Å².